The highest BCUT2D eigenvalue weighted by Gasteiger charge is 2.26. The number of carbonyl (C=O) groups excluding carboxylic acids is 2. The van der Waals surface area contributed by atoms with Crippen molar-refractivity contribution >= 4 is 28.3 Å². The Morgan fingerprint density at radius 1 is 1.36 bits per heavy atom. The Morgan fingerprint density at radius 3 is 3.00 bits per heavy atom. The number of aromatic nitrogens is 2. The molecule has 2 aromatic rings. The summed E-state index contributed by atoms with van der Waals surface area (Å²) < 4.78 is 0. The van der Waals surface area contributed by atoms with Crippen molar-refractivity contribution in [3.05, 3.63) is 41.2 Å². The number of pyridine rings is 1. The lowest BCUT2D eigenvalue weighted by molar-refractivity contribution is -0.121. The van der Waals surface area contributed by atoms with Gasteiger partial charge in [0.1, 0.15) is 0 Å². The molecule has 25 heavy (non-hydrogen) atoms. The predicted octanol–water partition coefficient (Wildman–Crippen LogP) is 1.53. The number of hydrogen-bond donors (Lipinski definition) is 2. The van der Waals surface area contributed by atoms with Crippen molar-refractivity contribution in [2.45, 2.75) is 19.3 Å². The number of anilines is 1. The summed E-state index contributed by atoms with van der Waals surface area (Å²) in [6, 6.07) is 3.35. The van der Waals surface area contributed by atoms with Crippen LogP contribution in [0.4, 0.5) is 5.13 Å². The number of piperidine rings is 1. The molecule has 2 aromatic heterocycles. The molecule has 0 aromatic carbocycles. The zero-order valence-corrected chi connectivity index (χ0v) is 14.7. The maximum absolute atomic E-state index is 12.4. The Labute approximate surface area is 150 Å². The molecule has 132 valence electrons. The standard InChI is InChI=1S/C17H21N5O2S/c18-15(23)12-3-5-19-14(10-12)4-8-22-7-1-2-13(11-22)16(24)21-17-20-6-9-25-17/h3,5-6,9-10,13H,1-2,4,7-8,11H2,(H2,18,23)(H,20,21,24)/t13-/m0/s1. The summed E-state index contributed by atoms with van der Waals surface area (Å²) in [5, 5.41) is 5.37. The molecule has 0 aliphatic carbocycles. The summed E-state index contributed by atoms with van der Waals surface area (Å²) in [7, 11) is 0. The molecule has 1 saturated heterocycles. The molecule has 0 radical (unpaired) electrons. The van der Waals surface area contributed by atoms with Gasteiger partial charge in [0.2, 0.25) is 11.8 Å². The molecule has 1 fully saturated rings. The highest BCUT2D eigenvalue weighted by molar-refractivity contribution is 7.13. The van der Waals surface area contributed by atoms with Gasteiger partial charge in [0.15, 0.2) is 5.13 Å². The molecule has 7 nitrogen and oxygen atoms in total. The van der Waals surface area contributed by atoms with Gasteiger partial charge in [0.25, 0.3) is 0 Å². The van der Waals surface area contributed by atoms with Crippen LogP contribution in [0.2, 0.25) is 0 Å². The van der Waals surface area contributed by atoms with Crippen molar-refractivity contribution < 1.29 is 9.59 Å². The number of nitrogens with two attached hydrogens (primary N) is 1. The van der Waals surface area contributed by atoms with Gasteiger partial charge in [-0.05, 0) is 31.5 Å². The number of nitrogens with zero attached hydrogens (tertiary/aromatic N) is 3. The Hall–Kier alpha value is -2.32. The second-order valence-electron chi connectivity index (χ2n) is 6.12. The number of likely N-dealkylation sites (tertiary alicyclic amines) is 1. The number of rotatable bonds is 6. The van der Waals surface area contributed by atoms with Crippen molar-refractivity contribution in [2.75, 3.05) is 25.0 Å². The van der Waals surface area contributed by atoms with Crippen molar-refractivity contribution in [3.8, 4) is 0 Å². The first kappa shape index (κ1) is 17.5. The lowest BCUT2D eigenvalue weighted by Crippen LogP contribution is -2.41. The Kier molecular flexibility index (Phi) is 5.72. The normalized spacial score (nSPS) is 18.0. The van der Waals surface area contributed by atoms with Crippen LogP contribution in [0.1, 0.15) is 28.9 Å². The van der Waals surface area contributed by atoms with E-state index < -0.39 is 5.91 Å². The molecule has 1 atom stereocenters. The van der Waals surface area contributed by atoms with E-state index in [1.54, 1.807) is 24.5 Å². The van der Waals surface area contributed by atoms with Crippen LogP contribution < -0.4 is 11.1 Å². The monoisotopic (exact) mass is 359 g/mol. The third-order valence-electron chi connectivity index (χ3n) is 4.32. The van der Waals surface area contributed by atoms with Crippen LogP contribution in [0, 0.1) is 5.92 Å². The van der Waals surface area contributed by atoms with E-state index in [2.05, 4.69) is 20.2 Å². The maximum atomic E-state index is 12.4. The van der Waals surface area contributed by atoms with Gasteiger partial charge in [-0.3, -0.25) is 14.6 Å². The molecule has 0 saturated carbocycles. The van der Waals surface area contributed by atoms with E-state index in [1.165, 1.54) is 11.3 Å². The highest BCUT2D eigenvalue weighted by Crippen LogP contribution is 2.20. The lowest BCUT2D eigenvalue weighted by atomic mass is 9.97. The van der Waals surface area contributed by atoms with Crippen molar-refractivity contribution in [1.82, 2.24) is 14.9 Å². The number of amides is 2. The van der Waals surface area contributed by atoms with Crippen LogP contribution in [0.25, 0.3) is 0 Å². The minimum Gasteiger partial charge on any atom is -0.366 e. The van der Waals surface area contributed by atoms with Gasteiger partial charge in [-0.25, -0.2) is 4.98 Å². The number of hydrogen-bond acceptors (Lipinski definition) is 6. The molecule has 2 amide bonds. The Morgan fingerprint density at radius 2 is 2.24 bits per heavy atom. The summed E-state index contributed by atoms with van der Waals surface area (Å²) in [6.45, 7) is 2.50. The van der Waals surface area contributed by atoms with E-state index in [-0.39, 0.29) is 11.8 Å². The van der Waals surface area contributed by atoms with Gasteiger partial charge >= 0.3 is 0 Å². The van der Waals surface area contributed by atoms with Crippen molar-refractivity contribution in [1.29, 1.82) is 0 Å². The second-order valence-corrected chi connectivity index (χ2v) is 7.01. The summed E-state index contributed by atoms with van der Waals surface area (Å²) in [5.41, 5.74) is 6.62. The summed E-state index contributed by atoms with van der Waals surface area (Å²) in [4.78, 5) is 34.3. The van der Waals surface area contributed by atoms with Crippen LogP contribution in [-0.2, 0) is 11.2 Å². The van der Waals surface area contributed by atoms with Crippen molar-refractivity contribution in [3.63, 3.8) is 0 Å². The third-order valence-corrected chi connectivity index (χ3v) is 5.01. The average Bonchev–Trinajstić information content (AvgIpc) is 3.13. The zero-order valence-electron chi connectivity index (χ0n) is 13.9. The van der Waals surface area contributed by atoms with Gasteiger partial charge in [-0.1, -0.05) is 0 Å². The van der Waals surface area contributed by atoms with Crippen LogP contribution in [0.3, 0.4) is 0 Å². The van der Waals surface area contributed by atoms with E-state index in [9.17, 15) is 9.59 Å². The molecule has 0 unspecified atom stereocenters. The van der Waals surface area contributed by atoms with E-state index in [4.69, 9.17) is 5.73 Å². The molecule has 3 N–H and O–H groups in total. The van der Waals surface area contributed by atoms with E-state index in [1.807, 2.05) is 5.38 Å². The smallest absolute Gasteiger partial charge is 0.248 e. The topological polar surface area (TPSA) is 101 Å². The molecule has 1 aliphatic rings. The third kappa shape index (κ3) is 4.83. The lowest BCUT2D eigenvalue weighted by Gasteiger charge is -2.31. The minimum atomic E-state index is -0.444. The first-order chi connectivity index (χ1) is 12.1. The average molecular weight is 359 g/mol. The van der Waals surface area contributed by atoms with Crippen LogP contribution in [0.5, 0.6) is 0 Å². The summed E-state index contributed by atoms with van der Waals surface area (Å²) in [5.74, 6) is -0.434. The second kappa shape index (κ2) is 8.17. The predicted molar refractivity (Wildman–Crippen MR) is 96.4 cm³/mol. The Bertz CT molecular complexity index is 734. The van der Waals surface area contributed by atoms with Crippen LogP contribution in [0.15, 0.2) is 29.9 Å². The largest absolute Gasteiger partial charge is 0.366 e. The summed E-state index contributed by atoms with van der Waals surface area (Å²) in [6.07, 6.45) is 5.90. The number of carbonyl (C=O) groups is 2. The number of nitrogens with one attached hydrogen (secondary N) is 1. The molecular formula is C17H21N5O2S. The fraction of sp³-hybridized carbons (Fsp3) is 0.412. The number of primary amides is 1. The minimum absolute atomic E-state index is 0.0254. The summed E-state index contributed by atoms with van der Waals surface area (Å²) >= 11 is 1.42. The zero-order chi connectivity index (χ0) is 17.6. The fourth-order valence-corrected chi connectivity index (χ4v) is 3.54. The first-order valence-electron chi connectivity index (χ1n) is 8.29. The van der Waals surface area contributed by atoms with E-state index in [0.717, 1.165) is 44.6 Å². The molecule has 8 heteroatoms. The maximum Gasteiger partial charge on any atom is 0.248 e. The van der Waals surface area contributed by atoms with E-state index >= 15 is 0 Å². The van der Waals surface area contributed by atoms with E-state index in [0.29, 0.717) is 10.7 Å². The van der Waals surface area contributed by atoms with Crippen LogP contribution in [-0.4, -0.2) is 46.3 Å². The van der Waals surface area contributed by atoms with Gasteiger partial charge < -0.3 is 16.0 Å². The van der Waals surface area contributed by atoms with Crippen LogP contribution >= 0.6 is 11.3 Å². The number of thiazole rings is 1. The van der Waals surface area contributed by atoms with Gasteiger partial charge in [0, 0.05) is 48.5 Å². The SMILES string of the molecule is NC(=O)c1ccnc(CCN2CCC[C@H](C(=O)Nc3nccs3)C2)c1. The molecule has 0 spiro atoms. The molecule has 3 rings (SSSR count). The highest BCUT2D eigenvalue weighted by atomic mass is 32.1. The van der Waals surface area contributed by atoms with Gasteiger partial charge in [0.05, 0.1) is 5.92 Å². The fourth-order valence-electron chi connectivity index (χ4n) is 3.01. The molecule has 1 aliphatic heterocycles. The first-order valence-corrected chi connectivity index (χ1v) is 9.17. The molecule has 0 bridgehead atoms. The quantitative estimate of drug-likeness (QED) is 0.814. The Balaban J connectivity index is 1.52. The molecular weight excluding hydrogens is 338 g/mol. The van der Waals surface area contributed by atoms with Crippen molar-refractivity contribution in [2.24, 2.45) is 11.7 Å². The van der Waals surface area contributed by atoms with Gasteiger partial charge in [-0.2, -0.15) is 0 Å². The molecule has 3 heterocycles. The van der Waals surface area contributed by atoms with Gasteiger partial charge in [-0.15, -0.1) is 11.3 Å².